The number of nitriles is 3. The van der Waals surface area contributed by atoms with Gasteiger partial charge in [-0.1, -0.05) is 36.4 Å². The fraction of sp³-hybridized carbons (Fsp3) is 0.0345. The maximum Gasteiger partial charge on any atom is 0.204 e. The summed E-state index contributed by atoms with van der Waals surface area (Å²) in [6.07, 6.45) is 0.607. The van der Waals surface area contributed by atoms with Crippen LogP contribution in [0.4, 0.5) is 5.69 Å². The first kappa shape index (κ1) is 22.6. The minimum absolute atomic E-state index is 0.267. The molecule has 0 atom stereocenters. The lowest BCUT2D eigenvalue weighted by atomic mass is 10.0. The highest BCUT2D eigenvalue weighted by Gasteiger charge is 2.09. The van der Waals surface area contributed by atoms with Gasteiger partial charge < -0.3 is 9.47 Å². The number of hydrogen-bond donors (Lipinski definition) is 0. The summed E-state index contributed by atoms with van der Waals surface area (Å²) in [5.74, 6) is 2.24. The molecule has 6 nitrogen and oxygen atoms in total. The lowest BCUT2D eigenvalue weighted by Crippen LogP contribution is -1.95. The zero-order valence-corrected chi connectivity index (χ0v) is 18.4. The fourth-order valence-corrected chi connectivity index (χ4v) is 3.45. The lowest BCUT2D eigenvalue weighted by molar-refractivity contribution is 0.477. The summed E-state index contributed by atoms with van der Waals surface area (Å²) in [4.78, 5) is 3.33. The van der Waals surface area contributed by atoms with E-state index >= 15 is 0 Å². The maximum absolute atomic E-state index is 9.26. The van der Waals surface area contributed by atoms with E-state index < -0.39 is 0 Å². The van der Waals surface area contributed by atoms with Crippen molar-refractivity contribution in [2.24, 2.45) is 0 Å². The Morgan fingerprint density at radius 1 is 0.657 bits per heavy atom. The van der Waals surface area contributed by atoms with Gasteiger partial charge in [-0.3, -0.25) is 0 Å². The molecule has 0 amide bonds. The second kappa shape index (κ2) is 10.4. The predicted octanol–water partition coefficient (Wildman–Crippen LogP) is 7.03. The molecule has 4 aromatic rings. The normalized spacial score (nSPS) is 9.71. The van der Waals surface area contributed by atoms with Crippen LogP contribution >= 0.6 is 0 Å². The number of hydrogen-bond acceptors (Lipinski definition) is 5. The maximum atomic E-state index is 9.26. The topological polar surface area (TPSA) is 94.2 Å². The summed E-state index contributed by atoms with van der Waals surface area (Å²) >= 11 is 0. The average molecular weight is 452 g/mol. The van der Waals surface area contributed by atoms with Crippen molar-refractivity contribution in [2.45, 2.75) is 6.42 Å². The molecular weight excluding hydrogens is 436 g/mol. The van der Waals surface area contributed by atoms with Gasteiger partial charge in [0.2, 0.25) is 5.69 Å². The Kier molecular flexibility index (Phi) is 6.70. The molecule has 4 aromatic carbocycles. The number of para-hydroxylation sites is 1. The zero-order valence-electron chi connectivity index (χ0n) is 18.4. The minimum Gasteiger partial charge on any atom is -0.457 e. The number of rotatable bonds is 6. The zero-order chi connectivity index (χ0) is 24.6. The molecule has 0 aromatic heterocycles. The Morgan fingerprint density at radius 2 is 1.29 bits per heavy atom. The third-order valence-corrected chi connectivity index (χ3v) is 5.19. The number of nitrogens with zero attached hydrogens (tertiary/aromatic N) is 4. The van der Waals surface area contributed by atoms with Gasteiger partial charge in [-0.15, -0.1) is 0 Å². The Labute approximate surface area is 202 Å². The lowest BCUT2D eigenvalue weighted by Gasteiger charge is -2.12. The molecule has 0 aliphatic carbocycles. The predicted molar refractivity (Wildman–Crippen MR) is 129 cm³/mol. The third-order valence-electron chi connectivity index (χ3n) is 5.19. The quantitative estimate of drug-likeness (QED) is 0.293. The summed E-state index contributed by atoms with van der Waals surface area (Å²) in [7, 11) is 0. The molecule has 6 heteroatoms. The molecule has 35 heavy (non-hydrogen) atoms. The molecule has 4 rings (SSSR count). The molecule has 0 radical (unpaired) electrons. The Balaban J connectivity index is 1.49. The van der Waals surface area contributed by atoms with Gasteiger partial charge in [0.05, 0.1) is 29.3 Å². The summed E-state index contributed by atoms with van der Waals surface area (Å²) in [5.41, 5.74) is 3.13. The van der Waals surface area contributed by atoms with Crippen LogP contribution < -0.4 is 9.47 Å². The van der Waals surface area contributed by atoms with Gasteiger partial charge in [-0.25, -0.2) is 4.85 Å². The average Bonchev–Trinajstić information content (AvgIpc) is 2.90. The molecule has 0 aliphatic rings. The largest absolute Gasteiger partial charge is 0.457 e. The Bertz CT molecular complexity index is 1560. The third kappa shape index (κ3) is 5.27. The van der Waals surface area contributed by atoms with Crippen LogP contribution in [0.15, 0.2) is 84.9 Å². The van der Waals surface area contributed by atoms with Crippen LogP contribution in [-0.4, -0.2) is 0 Å². The van der Waals surface area contributed by atoms with Crippen molar-refractivity contribution >= 4 is 5.69 Å². The van der Waals surface area contributed by atoms with E-state index in [0.29, 0.717) is 40.7 Å². The van der Waals surface area contributed by atoms with Gasteiger partial charge in [0, 0.05) is 6.42 Å². The molecular formula is C29H16N4O2. The highest BCUT2D eigenvalue weighted by Crippen LogP contribution is 2.30. The molecule has 0 heterocycles. The van der Waals surface area contributed by atoms with E-state index in [0.717, 1.165) is 11.1 Å². The van der Waals surface area contributed by atoms with Crippen LogP contribution in [-0.2, 0) is 6.42 Å². The van der Waals surface area contributed by atoms with Gasteiger partial charge >= 0.3 is 0 Å². The smallest absolute Gasteiger partial charge is 0.204 e. The van der Waals surface area contributed by atoms with E-state index in [1.807, 2.05) is 66.7 Å². The first-order valence-electron chi connectivity index (χ1n) is 10.5. The van der Waals surface area contributed by atoms with E-state index in [1.54, 1.807) is 36.4 Å². The van der Waals surface area contributed by atoms with E-state index in [2.05, 4.69) is 4.85 Å². The highest BCUT2D eigenvalue weighted by atomic mass is 16.5. The molecule has 0 aliphatic heterocycles. The van der Waals surface area contributed by atoms with Gasteiger partial charge in [0.1, 0.15) is 35.1 Å². The van der Waals surface area contributed by atoms with E-state index in [9.17, 15) is 10.5 Å². The second-order valence-corrected chi connectivity index (χ2v) is 7.47. The van der Waals surface area contributed by atoms with Crippen LogP contribution in [0.2, 0.25) is 0 Å². The van der Waals surface area contributed by atoms with Crippen LogP contribution in [0.25, 0.3) is 4.85 Å². The van der Waals surface area contributed by atoms with Crippen molar-refractivity contribution in [1.82, 2.24) is 0 Å². The van der Waals surface area contributed by atoms with Crippen molar-refractivity contribution in [2.75, 3.05) is 0 Å². The van der Waals surface area contributed by atoms with Crippen molar-refractivity contribution in [1.29, 1.82) is 15.8 Å². The van der Waals surface area contributed by atoms with Gasteiger partial charge in [0.15, 0.2) is 0 Å². The molecule has 0 bridgehead atoms. The molecule has 0 N–H and O–H groups in total. The van der Waals surface area contributed by atoms with Gasteiger partial charge in [-0.2, -0.15) is 15.8 Å². The first-order chi connectivity index (χ1) is 17.1. The van der Waals surface area contributed by atoms with E-state index in [1.165, 1.54) is 0 Å². The van der Waals surface area contributed by atoms with E-state index in [-0.39, 0.29) is 11.1 Å². The highest BCUT2D eigenvalue weighted by molar-refractivity contribution is 5.61. The van der Waals surface area contributed by atoms with Crippen LogP contribution in [0.1, 0.15) is 27.8 Å². The van der Waals surface area contributed by atoms with Crippen LogP contribution in [0.3, 0.4) is 0 Å². The van der Waals surface area contributed by atoms with Crippen LogP contribution in [0.5, 0.6) is 23.0 Å². The van der Waals surface area contributed by atoms with Gasteiger partial charge in [0.25, 0.3) is 0 Å². The van der Waals surface area contributed by atoms with Crippen molar-refractivity contribution in [3.63, 3.8) is 0 Å². The Morgan fingerprint density at radius 3 is 2.00 bits per heavy atom. The van der Waals surface area contributed by atoms with Crippen LogP contribution in [0, 0.1) is 40.6 Å². The Hall–Kier alpha value is -5.56. The standard InChI is InChI=1S/C29H16N4O2/c1-33-28-13-12-26(16-24(28)19-32)34-25-9-6-20(7-10-25)14-21-4-2-3-5-29(21)35-27-11-8-22(17-30)23(15-27)18-31/h2-13,15-16H,14H2. The summed E-state index contributed by atoms with van der Waals surface area (Å²) in [6, 6.07) is 30.8. The first-order valence-corrected chi connectivity index (χ1v) is 10.5. The minimum atomic E-state index is 0.267. The van der Waals surface area contributed by atoms with Gasteiger partial charge in [-0.05, 0) is 59.7 Å². The molecule has 0 spiro atoms. The molecule has 0 unspecified atom stereocenters. The SMILES string of the molecule is [C-]#[N+]c1ccc(Oc2ccc(Cc3ccccc3Oc3ccc(C#N)c(C#N)c3)cc2)cc1C#N. The summed E-state index contributed by atoms with van der Waals surface area (Å²) < 4.78 is 11.9. The monoisotopic (exact) mass is 452 g/mol. The molecule has 0 saturated heterocycles. The summed E-state index contributed by atoms with van der Waals surface area (Å²) in [6.45, 7) is 7.11. The second-order valence-electron chi connectivity index (χ2n) is 7.47. The fourth-order valence-electron chi connectivity index (χ4n) is 3.45. The van der Waals surface area contributed by atoms with E-state index in [4.69, 9.17) is 21.3 Å². The van der Waals surface area contributed by atoms with Crippen molar-refractivity contribution < 1.29 is 9.47 Å². The number of ether oxygens (including phenoxy) is 2. The summed E-state index contributed by atoms with van der Waals surface area (Å²) in [5, 5.41) is 27.6. The molecule has 0 saturated carbocycles. The van der Waals surface area contributed by atoms with Crippen molar-refractivity contribution in [3.05, 3.63) is 124 Å². The molecule has 0 fully saturated rings. The number of benzene rings is 4. The molecule has 164 valence electrons. The van der Waals surface area contributed by atoms with Crippen molar-refractivity contribution in [3.8, 4) is 41.2 Å².